The number of carbonyl (C=O) groups is 1. The number of nitrogens with one attached hydrogen (secondary N) is 2. The van der Waals surface area contributed by atoms with E-state index in [1.807, 2.05) is 0 Å². The minimum absolute atomic E-state index is 0.127. The van der Waals surface area contributed by atoms with Gasteiger partial charge in [0.1, 0.15) is 0 Å². The van der Waals surface area contributed by atoms with E-state index < -0.39 is 0 Å². The molecule has 0 bridgehead atoms. The molecule has 4 nitrogen and oxygen atoms in total. The maximum absolute atomic E-state index is 12.0. The fourth-order valence-corrected chi connectivity index (χ4v) is 2.32. The van der Waals surface area contributed by atoms with E-state index >= 15 is 0 Å². The molecule has 0 aliphatic carbocycles. The summed E-state index contributed by atoms with van der Waals surface area (Å²) in [7, 11) is 0. The van der Waals surface area contributed by atoms with Crippen LogP contribution in [0.1, 0.15) is 20.3 Å². The summed E-state index contributed by atoms with van der Waals surface area (Å²) in [4.78, 5) is 12.0. The van der Waals surface area contributed by atoms with Gasteiger partial charge in [-0.2, -0.15) is 0 Å². The van der Waals surface area contributed by atoms with Gasteiger partial charge >= 0.3 is 0 Å². The summed E-state index contributed by atoms with van der Waals surface area (Å²) in [6.45, 7) is 7.35. The second-order valence-corrected chi connectivity index (χ2v) is 5.09. The molecule has 0 radical (unpaired) electrons. The van der Waals surface area contributed by atoms with Crippen LogP contribution in [0.2, 0.25) is 0 Å². The van der Waals surface area contributed by atoms with Gasteiger partial charge in [0.25, 0.3) is 0 Å². The van der Waals surface area contributed by atoms with Crippen molar-refractivity contribution in [3.63, 3.8) is 0 Å². The number of carbonyl (C=O) groups excluding carboxylic acids is 1. The van der Waals surface area contributed by atoms with Crippen LogP contribution in [0.5, 0.6) is 0 Å². The van der Waals surface area contributed by atoms with Crippen molar-refractivity contribution in [3.8, 4) is 0 Å². The molecule has 3 atom stereocenters. The molecular formula is C11H20N2O2. The van der Waals surface area contributed by atoms with Crippen molar-refractivity contribution in [2.45, 2.75) is 25.8 Å². The molecule has 2 fully saturated rings. The molecule has 2 rings (SSSR count). The molecule has 0 aromatic heterocycles. The second kappa shape index (κ2) is 4.10. The van der Waals surface area contributed by atoms with Crippen LogP contribution in [0, 0.1) is 11.8 Å². The van der Waals surface area contributed by atoms with Crippen molar-refractivity contribution in [1.82, 2.24) is 10.6 Å². The zero-order chi connectivity index (χ0) is 10.9. The van der Waals surface area contributed by atoms with Gasteiger partial charge in [-0.05, 0) is 25.8 Å². The number of ether oxygens (including phenoxy) is 1. The molecule has 2 N–H and O–H groups in total. The summed E-state index contributed by atoms with van der Waals surface area (Å²) in [5, 5.41) is 6.37. The topological polar surface area (TPSA) is 50.4 Å². The largest absolute Gasteiger partial charge is 0.379 e. The SMILES string of the molecule is C[C@@H]1CNC[C@H]1C(=O)NC1(C)CCOC1. The summed E-state index contributed by atoms with van der Waals surface area (Å²) in [6.07, 6.45) is 0.924. The highest BCUT2D eigenvalue weighted by atomic mass is 16.5. The Bertz CT molecular complexity index is 249. The summed E-state index contributed by atoms with van der Waals surface area (Å²) in [5.74, 6) is 0.749. The zero-order valence-electron chi connectivity index (χ0n) is 9.51. The first kappa shape index (κ1) is 10.9. The zero-order valence-corrected chi connectivity index (χ0v) is 9.51. The molecule has 15 heavy (non-hydrogen) atoms. The van der Waals surface area contributed by atoms with Crippen LogP contribution in [0.4, 0.5) is 0 Å². The average Bonchev–Trinajstić information content (AvgIpc) is 2.74. The van der Waals surface area contributed by atoms with Crippen molar-refractivity contribution in [2.24, 2.45) is 11.8 Å². The molecule has 2 heterocycles. The van der Waals surface area contributed by atoms with E-state index in [0.29, 0.717) is 12.5 Å². The van der Waals surface area contributed by atoms with Crippen LogP contribution in [0.15, 0.2) is 0 Å². The van der Waals surface area contributed by atoms with Crippen LogP contribution in [0.3, 0.4) is 0 Å². The number of amides is 1. The van der Waals surface area contributed by atoms with Gasteiger partial charge in [-0.3, -0.25) is 4.79 Å². The lowest BCUT2D eigenvalue weighted by molar-refractivity contribution is -0.127. The molecule has 4 heteroatoms. The average molecular weight is 212 g/mol. The highest BCUT2D eigenvalue weighted by Gasteiger charge is 2.36. The fourth-order valence-electron chi connectivity index (χ4n) is 2.32. The third kappa shape index (κ3) is 2.32. The van der Waals surface area contributed by atoms with Gasteiger partial charge in [-0.1, -0.05) is 6.92 Å². The van der Waals surface area contributed by atoms with Crippen LogP contribution in [-0.2, 0) is 9.53 Å². The minimum atomic E-state index is -0.139. The van der Waals surface area contributed by atoms with Gasteiger partial charge in [0.15, 0.2) is 0 Å². The van der Waals surface area contributed by atoms with E-state index in [1.165, 1.54) is 0 Å². The van der Waals surface area contributed by atoms with Crippen molar-refractivity contribution < 1.29 is 9.53 Å². The summed E-state index contributed by atoms with van der Waals surface area (Å²) in [5.41, 5.74) is -0.139. The first-order valence-electron chi connectivity index (χ1n) is 5.71. The Kier molecular flexibility index (Phi) is 2.98. The maximum atomic E-state index is 12.0. The number of hydrogen-bond donors (Lipinski definition) is 2. The van der Waals surface area contributed by atoms with Crippen molar-refractivity contribution in [3.05, 3.63) is 0 Å². The van der Waals surface area contributed by atoms with Gasteiger partial charge in [0.2, 0.25) is 5.91 Å². The molecular weight excluding hydrogens is 192 g/mol. The predicted octanol–water partition coefficient (Wildman–Crippen LogP) is 0.137. The van der Waals surface area contributed by atoms with E-state index in [4.69, 9.17) is 4.74 Å². The monoisotopic (exact) mass is 212 g/mol. The smallest absolute Gasteiger partial charge is 0.225 e. The van der Waals surface area contributed by atoms with Gasteiger partial charge in [-0.25, -0.2) is 0 Å². The minimum Gasteiger partial charge on any atom is -0.379 e. The standard InChI is InChI=1S/C11H20N2O2/c1-8-5-12-6-9(8)10(14)13-11(2)3-4-15-7-11/h8-9,12H,3-7H2,1-2H3,(H,13,14)/t8-,9-,11?/m1/s1. The van der Waals surface area contributed by atoms with Crippen molar-refractivity contribution >= 4 is 5.91 Å². The Hall–Kier alpha value is -0.610. The Morgan fingerprint density at radius 1 is 1.53 bits per heavy atom. The number of rotatable bonds is 2. The van der Waals surface area contributed by atoms with Crippen LogP contribution >= 0.6 is 0 Å². The first-order chi connectivity index (χ1) is 7.11. The lowest BCUT2D eigenvalue weighted by atomic mass is 9.94. The molecule has 86 valence electrons. The Balaban J connectivity index is 1.91. The lowest BCUT2D eigenvalue weighted by Crippen LogP contribution is -2.49. The van der Waals surface area contributed by atoms with Crippen LogP contribution in [0.25, 0.3) is 0 Å². The van der Waals surface area contributed by atoms with Crippen molar-refractivity contribution in [1.29, 1.82) is 0 Å². The Morgan fingerprint density at radius 3 is 2.87 bits per heavy atom. The summed E-state index contributed by atoms with van der Waals surface area (Å²) < 4.78 is 5.32. The molecule has 2 aliphatic rings. The molecule has 2 aliphatic heterocycles. The molecule has 0 saturated carbocycles. The van der Waals surface area contributed by atoms with Gasteiger partial charge < -0.3 is 15.4 Å². The highest BCUT2D eigenvalue weighted by Crippen LogP contribution is 2.21. The first-order valence-corrected chi connectivity index (χ1v) is 5.71. The predicted molar refractivity (Wildman–Crippen MR) is 57.5 cm³/mol. The summed E-state index contributed by atoms with van der Waals surface area (Å²) in [6, 6.07) is 0. The highest BCUT2D eigenvalue weighted by molar-refractivity contribution is 5.80. The maximum Gasteiger partial charge on any atom is 0.225 e. The van der Waals surface area contributed by atoms with Crippen molar-refractivity contribution in [2.75, 3.05) is 26.3 Å². The van der Waals surface area contributed by atoms with Crippen LogP contribution < -0.4 is 10.6 Å². The Morgan fingerprint density at radius 2 is 2.33 bits per heavy atom. The molecule has 2 saturated heterocycles. The summed E-state index contributed by atoms with van der Waals surface area (Å²) >= 11 is 0. The third-order valence-corrected chi connectivity index (χ3v) is 3.50. The van der Waals surface area contributed by atoms with E-state index in [-0.39, 0.29) is 17.4 Å². The lowest BCUT2D eigenvalue weighted by Gasteiger charge is -2.26. The Labute approximate surface area is 90.8 Å². The van der Waals surface area contributed by atoms with Gasteiger partial charge in [0, 0.05) is 13.2 Å². The quantitative estimate of drug-likeness (QED) is 0.684. The van der Waals surface area contributed by atoms with Crippen LogP contribution in [-0.4, -0.2) is 37.7 Å². The number of hydrogen-bond acceptors (Lipinski definition) is 3. The van der Waals surface area contributed by atoms with E-state index in [0.717, 1.165) is 26.1 Å². The van der Waals surface area contributed by atoms with E-state index in [1.54, 1.807) is 0 Å². The second-order valence-electron chi connectivity index (χ2n) is 5.09. The molecule has 0 aromatic carbocycles. The fraction of sp³-hybridized carbons (Fsp3) is 0.909. The molecule has 1 amide bonds. The van der Waals surface area contributed by atoms with Gasteiger partial charge in [-0.15, -0.1) is 0 Å². The third-order valence-electron chi connectivity index (χ3n) is 3.50. The molecule has 0 aromatic rings. The van der Waals surface area contributed by atoms with E-state index in [2.05, 4.69) is 24.5 Å². The molecule has 0 spiro atoms. The van der Waals surface area contributed by atoms with Gasteiger partial charge in [0.05, 0.1) is 18.1 Å². The molecule has 1 unspecified atom stereocenters. The van der Waals surface area contributed by atoms with E-state index in [9.17, 15) is 4.79 Å². The normalized spacial score (nSPS) is 40.7.